The molecular weight excluding hydrogens is 278 g/mol. The number of hydrogen-bond acceptors (Lipinski definition) is 0. The van der Waals surface area contributed by atoms with Gasteiger partial charge in [-0.05, 0) is 36.2 Å². The molecule has 1 nitrogen and oxygen atoms in total. The summed E-state index contributed by atoms with van der Waals surface area (Å²) in [7, 11) is 0. The lowest BCUT2D eigenvalue weighted by Gasteiger charge is -2.07. The van der Waals surface area contributed by atoms with E-state index in [1.54, 1.807) is 0 Å². The van der Waals surface area contributed by atoms with Gasteiger partial charge >= 0.3 is 0 Å². The average Bonchev–Trinajstić information content (AvgIpc) is 2.48. The molecule has 0 saturated heterocycles. The summed E-state index contributed by atoms with van der Waals surface area (Å²) < 4.78 is 2.22. The van der Waals surface area contributed by atoms with E-state index in [0.717, 1.165) is 0 Å². The van der Waals surface area contributed by atoms with Gasteiger partial charge in [0.1, 0.15) is 0 Å². The molecule has 2 heteroatoms. The topological polar surface area (TPSA) is 4.10 Å². The van der Waals surface area contributed by atoms with Crippen LogP contribution in [0.15, 0.2) is 60.9 Å². The molecule has 0 saturated carbocycles. The highest BCUT2D eigenvalue weighted by Crippen LogP contribution is 2.28. The minimum atomic E-state index is 0. The molecule has 4 rings (SSSR count). The molecule has 0 aliphatic heterocycles. The van der Waals surface area contributed by atoms with Crippen LogP contribution in [0.1, 0.15) is 11.1 Å². The summed E-state index contributed by atoms with van der Waals surface area (Å²) >= 11 is 0. The molecule has 0 atom stereocenters. The van der Waals surface area contributed by atoms with Gasteiger partial charge in [0.25, 0.3) is 0 Å². The number of aromatic nitrogens is 1. The highest BCUT2D eigenvalue weighted by molar-refractivity contribution is 6.09. The van der Waals surface area contributed by atoms with E-state index in [0.29, 0.717) is 0 Å². The van der Waals surface area contributed by atoms with E-state index in [4.69, 9.17) is 0 Å². The quantitative estimate of drug-likeness (QED) is 0.262. The van der Waals surface area contributed by atoms with Gasteiger partial charge in [0.05, 0.1) is 0 Å². The molecule has 104 valence electrons. The largest absolute Gasteiger partial charge is 1.00 e. The lowest BCUT2D eigenvalue weighted by atomic mass is 9.98. The number of hydrogen-bond donors (Lipinski definition) is 0. The molecule has 0 spiro atoms. The maximum absolute atomic E-state index is 2.26. The van der Waals surface area contributed by atoms with Crippen LogP contribution in [0, 0.1) is 13.8 Å². The van der Waals surface area contributed by atoms with Crippen LogP contribution in [0.2, 0.25) is 0 Å². The van der Waals surface area contributed by atoms with Crippen LogP contribution < -0.4 is 16.8 Å². The van der Waals surface area contributed by atoms with Crippen LogP contribution in [0.4, 0.5) is 0 Å². The molecule has 2 aromatic carbocycles. The van der Waals surface area contributed by atoms with Crippen LogP contribution in [0.25, 0.3) is 27.1 Å². The Hall–Kier alpha value is -2.12. The van der Waals surface area contributed by atoms with E-state index in [9.17, 15) is 0 Å². The van der Waals surface area contributed by atoms with Gasteiger partial charge in [-0.3, -0.25) is 0 Å². The average molecular weight is 294 g/mol. The zero-order chi connectivity index (χ0) is 13.7. The first-order chi connectivity index (χ1) is 9.74. The van der Waals surface area contributed by atoms with Gasteiger partial charge in [0.2, 0.25) is 5.52 Å². The summed E-state index contributed by atoms with van der Waals surface area (Å²) in [6.07, 6.45) is 4.37. The first-order valence-electron chi connectivity index (χ1n) is 6.97. The van der Waals surface area contributed by atoms with Crippen LogP contribution in [-0.4, -0.2) is 0 Å². The normalized spacial score (nSPS) is 11.0. The number of fused-ring (bicyclic) bond motifs is 4. The lowest BCUT2D eigenvalue weighted by molar-refractivity contribution is -0.510. The van der Waals surface area contributed by atoms with Crippen molar-refractivity contribution in [2.75, 3.05) is 0 Å². The summed E-state index contributed by atoms with van der Waals surface area (Å²) in [5.41, 5.74) is 3.93. The van der Waals surface area contributed by atoms with Gasteiger partial charge < -0.3 is 12.4 Å². The van der Waals surface area contributed by atoms with E-state index in [-0.39, 0.29) is 12.4 Å². The number of aryl methyl sites for hydroxylation is 2. The second-order valence-corrected chi connectivity index (χ2v) is 5.50. The van der Waals surface area contributed by atoms with E-state index < -0.39 is 0 Å². The van der Waals surface area contributed by atoms with Gasteiger partial charge in [-0.25, -0.2) is 0 Å². The second-order valence-electron chi connectivity index (χ2n) is 5.50. The maximum atomic E-state index is 2.26. The minimum Gasteiger partial charge on any atom is -1.00 e. The molecule has 0 N–H and O–H groups in total. The van der Waals surface area contributed by atoms with Gasteiger partial charge in [-0.2, -0.15) is 4.40 Å². The van der Waals surface area contributed by atoms with Crippen molar-refractivity contribution < 1.29 is 16.8 Å². The Morgan fingerprint density at radius 1 is 0.857 bits per heavy atom. The minimum absolute atomic E-state index is 0. The fourth-order valence-electron chi connectivity index (χ4n) is 3.12. The zero-order valence-electron chi connectivity index (χ0n) is 12.1. The number of halogens is 1. The first kappa shape index (κ1) is 13.8. The Kier molecular flexibility index (Phi) is 3.30. The van der Waals surface area contributed by atoms with Crippen molar-refractivity contribution in [2.45, 2.75) is 13.8 Å². The number of pyridine rings is 2. The summed E-state index contributed by atoms with van der Waals surface area (Å²) in [5.74, 6) is 0. The van der Waals surface area contributed by atoms with Gasteiger partial charge in [-0.15, -0.1) is 0 Å². The molecule has 0 bridgehead atoms. The SMILES string of the molecule is Cc1cc[n+]2cc3ccc4ccccc4c3c(C)c2c1.[Cl-]. The number of nitrogens with zero attached hydrogens (tertiary/aromatic N) is 1. The van der Waals surface area contributed by atoms with Crippen molar-refractivity contribution in [3.63, 3.8) is 0 Å². The standard InChI is InChI=1S/C19H16N.ClH/c1-13-9-10-20-12-16-8-7-15-5-3-4-6-17(15)19(16)14(2)18(20)11-13;/h3-12H,1-2H3;1H/q+1;/p-1. The van der Waals surface area contributed by atoms with Crippen molar-refractivity contribution in [1.82, 2.24) is 0 Å². The molecular formula is C19H16ClN. The molecule has 2 heterocycles. The second kappa shape index (κ2) is 5.01. The third kappa shape index (κ3) is 2.05. The molecule has 0 amide bonds. The summed E-state index contributed by atoms with van der Waals surface area (Å²) in [5, 5.41) is 5.31. The molecule has 0 aliphatic rings. The zero-order valence-corrected chi connectivity index (χ0v) is 12.9. The monoisotopic (exact) mass is 293 g/mol. The van der Waals surface area contributed by atoms with Crippen molar-refractivity contribution >= 4 is 27.1 Å². The van der Waals surface area contributed by atoms with Crippen molar-refractivity contribution in [3.05, 3.63) is 72.1 Å². The van der Waals surface area contributed by atoms with Crippen LogP contribution in [0.3, 0.4) is 0 Å². The Bertz CT molecular complexity index is 973. The summed E-state index contributed by atoms with van der Waals surface area (Å²) in [4.78, 5) is 0. The first-order valence-corrected chi connectivity index (χ1v) is 6.97. The Balaban J connectivity index is 0.00000132. The predicted molar refractivity (Wildman–Crippen MR) is 84.1 cm³/mol. The Labute approximate surface area is 130 Å². The van der Waals surface area contributed by atoms with Crippen LogP contribution in [0.5, 0.6) is 0 Å². The van der Waals surface area contributed by atoms with E-state index in [1.165, 1.54) is 38.2 Å². The van der Waals surface area contributed by atoms with Crippen LogP contribution >= 0.6 is 0 Å². The molecule has 0 fully saturated rings. The fourth-order valence-corrected chi connectivity index (χ4v) is 3.12. The van der Waals surface area contributed by atoms with Crippen LogP contribution in [-0.2, 0) is 0 Å². The van der Waals surface area contributed by atoms with E-state index in [1.807, 2.05) is 0 Å². The van der Waals surface area contributed by atoms with Crippen molar-refractivity contribution in [3.8, 4) is 0 Å². The smallest absolute Gasteiger partial charge is 0.214 e. The lowest BCUT2D eigenvalue weighted by Crippen LogP contribution is -3.00. The Morgan fingerprint density at radius 3 is 2.48 bits per heavy atom. The van der Waals surface area contributed by atoms with Gasteiger partial charge in [0.15, 0.2) is 12.4 Å². The molecule has 0 unspecified atom stereocenters. The molecule has 21 heavy (non-hydrogen) atoms. The number of rotatable bonds is 0. The molecule has 0 aliphatic carbocycles. The predicted octanol–water partition coefficient (Wildman–Crippen LogP) is 1.35. The van der Waals surface area contributed by atoms with Crippen molar-refractivity contribution in [2.24, 2.45) is 0 Å². The highest BCUT2D eigenvalue weighted by Gasteiger charge is 2.13. The molecule has 0 radical (unpaired) electrons. The summed E-state index contributed by atoms with van der Waals surface area (Å²) in [6, 6.07) is 17.5. The highest BCUT2D eigenvalue weighted by atomic mass is 35.5. The van der Waals surface area contributed by atoms with E-state index in [2.05, 4.69) is 79.2 Å². The Morgan fingerprint density at radius 2 is 1.62 bits per heavy atom. The third-order valence-corrected chi connectivity index (χ3v) is 4.14. The summed E-state index contributed by atoms with van der Waals surface area (Å²) in [6.45, 7) is 4.37. The maximum Gasteiger partial charge on any atom is 0.214 e. The fraction of sp³-hybridized carbons (Fsp3) is 0.105. The van der Waals surface area contributed by atoms with E-state index >= 15 is 0 Å². The number of benzene rings is 2. The molecule has 4 aromatic rings. The molecule has 2 aromatic heterocycles. The third-order valence-electron chi connectivity index (χ3n) is 4.14. The van der Waals surface area contributed by atoms with Crippen molar-refractivity contribution in [1.29, 1.82) is 0 Å². The van der Waals surface area contributed by atoms with Gasteiger partial charge in [0, 0.05) is 28.5 Å². The van der Waals surface area contributed by atoms with Gasteiger partial charge in [-0.1, -0.05) is 30.3 Å².